The summed E-state index contributed by atoms with van der Waals surface area (Å²) in [5.74, 6) is 0. The smallest absolute Gasteiger partial charge is 0.102 e. The quantitative estimate of drug-likeness (QED) is 0.331. The van der Waals surface area contributed by atoms with Crippen molar-refractivity contribution in [2.45, 2.75) is 52.4 Å². The molecule has 0 aromatic heterocycles. The van der Waals surface area contributed by atoms with Gasteiger partial charge in [0.1, 0.15) is 6.54 Å². The van der Waals surface area contributed by atoms with Crippen LogP contribution in [-0.2, 0) is 0 Å². The highest BCUT2D eigenvalue weighted by atomic mass is 127. The molecule has 1 N–H and O–H groups in total. The fourth-order valence-corrected chi connectivity index (χ4v) is 2.06. The summed E-state index contributed by atoms with van der Waals surface area (Å²) in [6.07, 6.45) is 7.83. The molecule has 0 unspecified atom stereocenters. The molecule has 0 aliphatic carbocycles. The maximum Gasteiger partial charge on any atom is 0.102 e. The predicted molar refractivity (Wildman–Crippen MR) is 66.9 cm³/mol. The lowest BCUT2D eigenvalue weighted by atomic mass is 10.2. The van der Waals surface area contributed by atoms with Crippen LogP contribution in [0.25, 0.3) is 0 Å². The van der Waals surface area contributed by atoms with Crippen molar-refractivity contribution in [1.82, 2.24) is 0 Å². The summed E-state index contributed by atoms with van der Waals surface area (Å²) in [7, 11) is 2.29. The van der Waals surface area contributed by atoms with Gasteiger partial charge in [-0.25, -0.2) is 0 Å². The molecule has 0 spiro atoms. The number of unbranched alkanes of at least 4 members (excludes halogenated alkanes) is 4. The van der Waals surface area contributed by atoms with Gasteiger partial charge < -0.3 is 33.6 Å². The van der Waals surface area contributed by atoms with Crippen molar-refractivity contribution in [1.29, 1.82) is 0 Å². The third-order valence-electron chi connectivity index (χ3n) is 3.24. The fourth-order valence-electron chi connectivity index (χ4n) is 2.06. The second kappa shape index (κ2) is 12.1. The highest BCUT2D eigenvalue weighted by Crippen LogP contribution is 2.10. The Bertz CT molecular complexity index is 132. The van der Waals surface area contributed by atoms with Crippen LogP contribution < -0.4 is 24.0 Å². The van der Waals surface area contributed by atoms with Crippen molar-refractivity contribution in [2.24, 2.45) is 0 Å². The zero-order valence-corrected chi connectivity index (χ0v) is 13.5. The Hall–Kier alpha value is 0.650. The summed E-state index contributed by atoms with van der Waals surface area (Å²) in [6.45, 7) is 8.21. The molecule has 0 fully saturated rings. The molecule has 0 aliphatic rings. The van der Waals surface area contributed by atoms with Gasteiger partial charge in [0.05, 0.1) is 26.7 Å². The van der Waals surface area contributed by atoms with E-state index in [1.807, 2.05) is 0 Å². The topological polar surface area (TPSA) is 20.2 Å². The van der Waals surface area contributed by atoms with E-state index in [2.05, 4.69) is 20.9 Å². The molecular weight excluding hydrogens is 313 g/mol. The first-order valence-electron chi connectivity index (χ1n) is 6.63. The number of aliphatic hydroxyl groups excluding tert-OH is 1. The largest absolute Gasteiger partial charge is 1.00 e. The minimum absolute atomic E-state index is 0. The van der Waals surface area contributed by atoms with Crippen molar-refractivity contribution in [2.75, 3.05) is 33.3 Å². The third kappa shape index (κ3) is 9.85. The number of rotatable bonds is 10. The first kappa shape index (κ1) is 19.0. The van der Waals surface area contributed by atoms with E-state index in [9.17, 15) is 0 Å². The lowest BCUT2D eigenvalue weighted by Gasteiger charge is -2.34. The molecular formula is C13H30INO. The Morgan fingerprint density at radius 2 is 1.25 bits per heavy atom. The van der Waals surface area contributed by atoms with E-state index in [-0.39, 0.29) is 24.0 Å². The van der Waals surface area contributed by atoms with E-state index in [0.29, 0.717) is 6.61 Å². The van der Waals surface area contributed by atoms with Gasteiger partial charge in [0.2, 0.25) is 0 Å². The summed E-state index contributed by atoms with van der Waals surface area (Å²) in [4.78, 5) is 0. The van der Waals surface area contributed by atoms with Gasteiger partial charge in [0.15, 0.2) is 0 Å². The molecule has 0 aliphatic heterocycles. The lowest BCUT2D eigenvalue weighted by molar-refractivity contribution is -0.910. The minimum Gasteiger partial charge on any atom is -1.00 e. The Labute approximate surface area is 119 Å². The van der Waals surface area contributed by atoms with Gasteiger partial charge in [-0.1, -0.05) is 26.7 Å². The van der Waals surface area contributed by atoms with E-state index >= 15 is 0 Å². The second-order valence-corrected chi connectivity index (χ2v) is 4.93. The second-order valence-electron chi connectivity index (χ2n) is 4.93. The molecule has 0 amide bonds. The van der Waals surface area contributed by atoms with Crippen LogP contribution in [0.4, 0.5) is 0 Å². The number of hydrogen-bond donors (Lipinski definition) is 1. The summed E-state index contributed by atoms with van der Waals surface area (Å²) >= 11 is 0. The summed E-state index contributed by atoms with van der Waals surface area (Å²) in [5.41, 5.74) is 0. The number of hydrogen-bond acceptors (Lipinski definition) is 1. The molecule has 100 valence electrons. The first-order valence-corrected chi connectivity index (χ1v) is 6.63. The van der Waals surface area contributed by atoms with E-state index in [1.54, 1.807) is 0 Å². The van der Waals surface area contributed by atoms with E-state index in [1.165, 1.54) is 51.6 Å². The van der Waals surface area contributed by atoms with Gasteiger partial charge in [-0.05, 0) is 25.7 Å². The Kier molecular flexibility index (Phi) is 14.4. The van der Waals surface area contributed by atoms with Crippen LogP contribution in [-0.4, -0.2) is 42.9 Å². The Morgan fingerprint density at radius 3 is 1.56 bits per heavy atom. The van der Waals surface area contributed by atoms with Gasteiger partial charge in [-0.3, -0.25) is 0 Å². The number of halogens is 1. The summed E-state index contributed by atoms with van der Waals surface area (Å²) < 4.78 is 1.07. The van der Waals surface area contributed by atoms with Crippen LogP contribution in [0.3, 0.4) is 0 Å². The number of aliphatic hydroxyl groups is 1. The number of likely N-dealkylation sites (N-methyl/N-ethyl adjacent to an activating group) is 1. The summed E-state index contributed by atoms with van der Waals surface area (Å²) in [6, 6.07) is 0. The number of nitrogens with zero attached hydrogens (tertiary/aromatic N) is 1. The highest BCUT2D eigenvalue weighted by molar-refractivity contribution is 4.44. The van der Waals surface area contributed by atoms with Crippen molar-refractivity contribution in [3.8, 4) is 0 Å². The number of quaternary nitrogens is 1. The highest BCUT2D eigenvalue weighted by Gasteiger charge is 2.19. The predicted octanol–water partition coefficient (Wildman–Crippen LogP) is -0.190. The van der Waals surface area contributed by atoms with Crippen LogP contribution in [0.2, 0.25) is 0 Å². The van der Waals surface area contributed by atoms with Crippen LogP contribution in [0, 0.1) is 0 Å². The van der Waals surface area contributed by atoms with Gasteiger partial charge in [0.25, 0.3) is 0 Å². The lowest BCUT2D eigenvalue weighted by Crippen LogP contribution is -3.00. The van der Waals surface area contributed by atoms with Gasteiger partial charge in [-0.15, -0.1) is 0 Å². The summed E-state index contributed by atoms with van der Waals surface area (Å²) in [5, 5.41) is 9.10. The van der Waals surface area contributed by atoms with E-state index in [4.69, 9.17) is 5.11 Å². The monoisotopic (exact) mass is 343 g/mol. The normalized spacial score (nSPS) is 11.2. The molecule has 0 radical (unpaired) electrons. The Morgan fingerprint density at radius 1 is 0.812 bits per heavy atom. The maximum atomic E-state index is 9.10. The third-order valence-corrected chi connectivity index (χ3v) is 3.24. The van der Waals surface area contributed by atoms with Crippen LogP contribution >= 0.6 is 0 Å². The molecule has 0 heterocycles. The zero-order chi connectivity index (χ0) is 11.6. The average molecular weight is 343 g/mol. The SMILES string of the molecule is CCCCC[N+](C)(CCO)CCCCC.[I-]. The first-order chi connectivity index (χ1) is 7.18. The van der Waals surface area contributed by atoms with E-state index in [0.717, 1.165) is 11.0 Å². The molecule has 0 saturated heterocycles. The van der Waals surface area contributed by atoms with Crippen molar-refractivity contribution < 1.29 is 33.6 Å². The molecule has 2 nitrogen and oxygen atoms in total. The maximum absolute atomic E-state index is 9.10. The Balaban J connectivity index is 0. The molecule has 0 bridgehead atoms. The fraction of sp³-hybridized carbons (Fsp3) is 1.00. The van der Waals surface area contributed by atoms with Crippen molar-refractivity contribution in [3.05, 3.63) is 0 Å². The molecule has 0 atom stereocenters. The molecule has 0 rings (SSSR count). The molecule has 3 heteroatoms. The van der Waals surface area contributed by atoms with Gasteiger partial charge in [-0.2, -0.15) is 0 Å². The van der Waals surface area contributed by atoms with Crippen molar-refractivity contribution >= 4 is 0 Å². The molecule has 0 saturated carbocycles. The molecule has 0 aromatic rings. The average Bonchev–Trinajstić information content (AvgIpc) is 2.19. The zero-order valence-electron chi connectivity index (χ0n) is 11.3. The standard InChI is InChI=1S/C13H30NO.HI/c1-4-6-8-10-14(3,12-13-15)11-9-7-5-2;/h15H,4-13H2,1-3H3;1H/q+1;/p-1. The van der Waals surface area contributed by atoms with Crippen LogP contribution in [0.5, 0.6) is 0 Å². The minimum atomic E-state index is 0. The molecule has 16 heavy (non-hydrogen) atoms. The van der Waals surface area contributed by atoms with Gasteiger partial charge in [0, 0.05) is 0 Å². The van der Waals surface area contributed by atoms with E-state index < -0.39 is 0 Å². The van der Waals surface area contributed by atoms with Crippen LogP contribution in [0.15, 0.2) is 0 Å². The van der Waals surface area contributed by atoms with Gasteiger partial charge >= 0.3 is 0 Å². The van der Waals surface area contributed by atoms with Crippen molar-refractivity contribution in [3.63, 3.8) is 0 Å². The van der Waals surface area contributed by atoms with Crippen LogP contribution in [0.1, 0.15) is 52.4 Å². The molecule has 0 aromatic carbocycles.